The minimum absolute atomic E-state index is 0.373. The third kappa shape index (κ3) is 1.32. The molecule has 2 fully saturated rings. The molecule has 1 atom stereocenters. The van der Waals surface area contributed by atoms with Crippen LogP contribution in [-0.4, -0.2) is 18.9 Å². The third-order valence-corrected chi connectivity index (χ3v) is 3.04. The van der Waals surface area contributed by atoms with Gasteiger partial charge in [-0.15, -0.1) is 0 Å². The molecule has 1 heterocycles. The Hall–Kier alpha value is -0.370. The molecule has 0 aromatic heterocycles. The predicted molar refractivity (Wildman–Crippen MR) is 43.3 cm³/mol. The van der Waals surface area contributed by atoms with Crippen molar-refractivity contribution in [1.82, 2.24) is 5.32 Å². The van der Waals surface area contributed by atoms with Crippen molar-refractivity contribution in [3.8, 4) is 0 Å². The molecule has 0 spiro atoms. The average molecular weight is 153 g/mol. The molecule has 1 saturated heterocycles. The Labute approximate surface area is 67.4 Å². The summed E-state index contributed by atoms with van der Waals surface area (Å²) in [7, 11) is 0. The second-order valence-electron chi connectivity index (χ2n) is 3.72. The molecule has 2 heteroatoms. The SMILES string of the molecule is O=C1CCNCC1C1CCC1. The molecule has 1 saturated carbocycles. The summed E-state index contributed by atoms with van der Waals surface area (Å²) in [6, 6.07) is 0. The van der Waals surface area contributed by atoms with Crippen molar-refractivity contribution in [2.75, 3.05) is 13.1 Å². The van der Waals surface area contributed by atoms with E-state index in [-0.39, 0.29) is 0 Å². The van der Waals surface area contributed by atoms with E-state index >= 15 is 0 Å². The number of Topliss-reactive ketones (excluding diaryl/α,β-unsaturated/α-hetero) is 1. The van der Waals surface area contributed by atoms with Crippen LogP contribution < -0.4 is 5.32 Å². The Kier molecular flexibility index (Phi) is 1.95. The molecule has 11 heavy (non-hydrogen) atoms. The minimum Gasteiger partial charge on any atom is -0.316 e. The van der Waals surface area contributed by atoms with Crippen LogP contribution in [0.2, 0.25) is 0 Å². The van der Waals surface area contributed by atoms with Gasteiger partial charge in [-0.1, -0.05) is 6.42 Å². The van der Waals surface area contributed by atoms with Crippen LogP contribution in [0.3, 0.4) is 0 Å². The standard InChI is InChI=1S/C9H15NO/c11-9-4-5-10-6-8(9)7-2-1-3-7/h7-8,10H,1-6H2. The Morgan fingerprint density at radius 3 is 2.73 bits per heavy atom. The number of nitrogens with one attached hydrogen (secondary N) is 1. The van der Waals surface area contributed by atoms with Gasteiger partial charge in [-0.2, -0.15) is 0 Å². The molecule has 1 aliphatic carbocycles. The van der Waals surface area contributed by atoms with Crippen LogP contribution in [0.25, 0.3) is 0 Å². The highest BCUT2D eigenvalue weighted by atomic mass is 16.1. The quantitative estimate of drug-likeness (QED) is 0.608. The largest absolute Gasteiger partial charge is 0.316 e. The molecule has 0 amide bonds. The maximum atomic E-state index is 11.4. The molecule has 0 bridgehead atoms. The van der Waals surface area contributed by atoms with Gasteiger partial charge in [-0.05, 0) is 18.8 Å². The smallest absolute Gasteiger partial charge is 0.138 e. The fourth-order valence-electron chi connectivity index (χ4n) is 2.04. The molecular weight excluding hydrogens is 138 g/mol. The summed E-state index contributed by atoms with van der Waals surface area (Å²) < 4.78 is 0. The van der Waals surface area contributed by atoms with Gasteiger partial charge in [0.15, 0.2) is 0 Å². The summed E-state index contributed by atoms with van der Waals surface area (Å²) in [6.07, 6.45) is 4.69. The van der Waals surface area contributed by atoms with Gasteiger partial charge in [0, 0.05) is 25.4 Å². The van der Waals surface area contributed by atoms with Crippen LogP contribution >= 0.6 is 0 Å². The van der Waals surface area contributed by atoms with E-state index in [1.807, 2.05) is 0 Å². The first-order valence-electron chi connectivity index (χ1n) is 4.61. The molecular formula is C9H15NO. The molecule has 2 nitrogen and oxygen atoms in total. The van der Waals surface area contributed by atoms with Crippen LogP contribution in [0.15, 0.2) is 0 Å². The average Bonchev–Trinajstić information content (AvgIpc) is 1.90. The Balaban J connectivity index is 1.93. The molecule has 1 aliphatic heterocycles. The zero-order valence-corrected chi connectivity index (χ0v) is 6.81. The van der Waals surface area contributed by atoms with E-state index in [2.05, 4.69) is 5.32 Å². The van der Waals surface area contributed by atoms with Crippen molar-refractivity contribution in [3.05, 3.63) is 0 Å². The molecule has 2 rings (SSSR count). The lowest BCUT2D eigenvalue weighted by Gasteiger charge is -2.35. The lowest BCUT2D eigenvalue weighted by atomic mass is 9.73. The van der Waals surface area contributed by atoms with Gasteiger partial charge in [-0.3, -0.25) is 4.79 Å². The van der Waals surface area contributed by atoms with Crippen LogP contribution in [0, 0.1) is 11.8 Å². The van der Waals surface area contributed by atoms with Crippen LogP contribution in [0.4, 0.5) is 0 Å². The lowest BCUT2D eigenvalue weighted by molar-refractivity contribution is -0.126. The summed E-state index contributed by atoms with van der Waals surface area (Å²) in [5.41, 5.74) is 0. The molecule has 1 N–H and O–H groups in total. The highest BCUT2D eigenvalue weighted by Crippen LogP contribution is 2.34. The minimum atomic E-state index is 0.373. The highest BCUT2D eigenvalue weighted by molar-refractivity contribution is 5.82. The number of hydrogen-bond acceptors (Lipinski definition) is 2. The maximum Gasteiger partial charge on any atom is 0.138 e. The molecule has 2 aliphatic rings. The first-order valence-corrected chi connectivity index (χ1v) is 4.61. The van der Waals surface area contributed by atoms with Gasteiger partial charge in [0.2, 0.25) is 0 Å². The number of rotatable bonds is 1. The molecule has 1 unspecified atom stereocenters. The lowest BCUT2D eigenvalue weighted by Crippen LogP contribution is -2.42. The summed E-state index contributed by atoms with van der Waals surface area (Å²) >= 11 is 0. The second-order valence-corrected chi connectivity index (χ2v) is 3.72. The maximum absolute atomic E-state index is 11.4. The number of carbonyl (C=O) groups is 1. The predicted octanol–water partition coefficient (Wildman–Crippen LogP) is 0.965. The zero-order valence-electron chi connectivity index (χ0n) is 6.81. The third-order valence-electron chi connectivity index (χ3n) is 3.04. The Bertz CT molecular complexity index is 163. The van der Waals surface area contributed by atoms with Crippen molar-refractivity contribution >= 4 is 5.78 Å². The van der Waals surface area contributed by atoms with Crippen LogP contribution in [0.1, 0.15) is 25.7 Å². The van der Waals surface area contributed by atoms with Crippen molar-refractivity contribution in [1.29, 1.82) is 0 Å². The molecule has 0 radical (unpaired) electrons. The van der Waals surface area contributed by atoms with Gasteiger partial charge in [-0.25, -0.2) is 0 Å². The van der Waals surface area contributed by atoms with Crippen molar-refractivity contribution in [3.63, 3.8) is 0 Å². The van der Waals surface area contributed by atoms with Crippen LogP contribution in [0.5, 0.6) is 0 Å². The Morgan fingerprint density at radius 2 is 2.18 bits per heavy atom. The van der Waals surface area contributed by atoms with Gasteiger partial charge in [0.05, 0.1) is 0 Å². The zero-order chi connectivity index (χ0) is 7.68. The topological polar surface area (TPSA) is 29.1 Å². The monoisotopic (exact) mass is 153 g/mol. The fourth-order valence-corrected chi connectivity index (χ4v) is 2.04. The Morgan fingerprint density at radius 1 is 1.36 bits per heavy atom. The molecule has 0 aromatic rings. The van der Waals surface area contributed by atoms with Crippen LogP contribution in [-0.2, 0) is 4.79 Å². The van der Waals surface area contributed by atoms with Gasteiger partial charge < -0.3 is 5.32 Å². The number of carbonyl (C=O) groups excluding carboxylic acids is 1. The van der Waals surface area contributed by atoms with E-state index in [1.54, 1.807) is 0 Å². The summed E-state index contributed by atoms with van der Waals surface area (Å²) in [5, 5.41) is 3.29. The van der Waals surface area contributed by atoms with E-state index in [1.165, 1.54) is 19.3 Å². The number of hydrogen-bond donors (Lipinski definition) is 1. The molecule has 62 valence electrons. The van der Waals surface area contributed by atoms with Crippen molar-refractivity contribution in [2.45, 2.75) is 25.7 Å². The second kappa shape index (κ2) is 2.94. The molecule has 0 aromatic carbocycles. The van der Waals surface area contributed by atoms with Gasteiger partial charge >= 0.3 is 0 Å². The van der Waals surface area contributed by atoms with E-state index in [9.17, 15) is 4.79 Å². The first kappa shape index (κ1) is 7.29. The summed E-state index contributed by atoms with van der Waals surface area (Å²) in [6.45, 7) is 1.85. The normalized spacial score (nSPS) is 33.5. The van der Waals surface area contributed by atoms with Crippen molar-refractivity contribution in [2.24, 2.45) is 11.8 Å². The number of ketones is 1. The van der Waals surface area contributed by atoms with Gasteiger partial charge in [0.1, 0.15) is 5.78 Å². The van der Waals surface area contributed by atoms with Crippen molar-refractivity contribution < 1.29 is 4.79 Å². The highest BCUT2D eigenvalue weighted by Gasteiger charge is 2.33. The summed E-state index contributed by atoms with van der Waals surface area (Å²) in [4.78, 5) is 11.4. The first-order chi connectivity index (χ1) is 5.38. The number of piperidine rings is 1. The van der Waals surface area contributed by atoms with E-state index in [4.69, 9.17) is 0 Å². The van der Waals surface area contributed by atoms with E-state index in [0.717, 1.165) is 25.4 Å². The summed E-state index contributed by atoms with van der Waals surface area (Å²) in [5.74, 6) is 1.61. The van der Waals surface area contributed by atoms with Gasteiger partial charge in [0.25, 0.3) is 0 Å². The van der Waals surface area contributed by atoms with E-state index < -0.39 is 0 Å². The van der Waals surface area contributed by atoms with E-state index in [0.29, 0.717) is 11.7 Å². The fraction of sp³-hybridized carbons (Fsp3) is 0.889.